The summed E-state index contributed by atoms with van der Waals surface area (Å²) in [7, 11) is 0. The van der Waals surface area contributed by atoms with E-state index in [-0.39, 0.29) is 19.0 Å². The van der Waals surface area contributed by atoms with Crippen LogP contribution in [0.4, 0.5) is 0 Å². The van der Waals surface area contributed by atoms with E-state index in [1.165, 1.54) is 19.3 Å². The summed E-state index contributed by atoms with van der Waals surface area (Å²) < 4.78 is 5.55. The zero-order chi connectivity index (χ0) is 16.8. The van der Waals surface area contributed by atoms with E-state index in [2.05, 4.69) is 4.90 Å². The first-order chi connectivity index (χ1) is 11.3. The van der Waals surface area contributed by atoms with Gasteiger partial charge in [-0.15, -0.1) is 0 Å². The monoisotopic (exact) mass is 325 g/mol. The largest absolute Gasteiger partial charge is 0.504 e. The summed E-state index contributed by atoms with van der Waals surface area (Å²) >= 11 is 0. The first kappa shape index (κ1) is 19.7. The Bertz CT molecular complexity index is 394. The molecule has 5 nitrogen and oxygen atoms in total. The molecule has 0 radical (unpaired) electrons. The van der Waals surface area contributed by atoms with Crippen LogP contribution in [0, 0.1) is 0 Å². The summed E-state index contributed by atoms with van der Waals surface area (Å²) in [5, 5.41) is 27.4. The third-order valence-corrected chi connectivity index (χ3v) is 3.82. The van der Waals surface area contributed by atoms with Crippen molar-refractivity contribution in [2.75, 3.05) is 39.5 Å². The van der Waals surface area contributed by atoms with Crippen molar-refractivity contribution in [3.05, 3.63) is 24.3 Å². The van der Waals surface area contributed by atoms with Crippen LogP contribution in [0.25, 0.3) is 0 Å². The van der Waals surface area contributed by atoms with E-state index in [0.717, 1.165) is 25.8 Å². The number of phenolic OH excluding ortho intramolecular Hbond substituents is 1. The highest BCUT2D eigenvalue weighted by Crippen LogP contribution is 2.24. The average molecular weight is 325 g/mol. The van der Waals surface area contributed by atoms with Crippen molar-refractivity contribution in [1.82, 2.24) is 4.90 Å². The Morgan fingerprint density at radius 3 is 2.04 bits per heavy atom. The van der Waals surface area contributed by atoms with Gasteiger partial charge in [0.1, 0.15) is 0 Å². The van der Waals surface area contributed by atoms with E-state index < -0.39 is 0 Å². The molecule has 0 fully saturated rings. The molecule has 5 heteroatoms. The highest BCUT2D eigenvalue weighted by atomic mass is 16.5. The highest BCUT2D eigenvalue weighted by Gasteiger charge is 2.03. The number of nitrogens with zero attached hydrogens (tertiary/aromatic N) is 1. The van der Waals surface area contributed by atoms with Gasteiger partial charge in [0.2, 0.25) is 0 Å². The Kier molecular flexibility index (Phi) is 11.3. The van der Waals surface area contributed by atoms with Crippen molar-refractivity contribution in [2.45, 2.75) is 38.5 Å². The molecule has 0 bridgehead atoms. The minimum absolute atomic E-state index is 0.150. The molecule has 0 aliphatic heterocycles. The Morgan fingerprint density at radius 1 is 0.783 bits per heavy atom. The quantitative estimate of drug-likeness (QED) is 0.458. The van der Waals surface area contributed by atoms with E-state index in [1.54, 1.807) is 18.2 Å². The number of hydrogen-bond donors (Lipinski definition) is 3. The molecule has 0 heterocycles. The first-order valence-corrected chi connectivity index (χ1v) is 8.62. The molecular formula is C18H31NO4. The molecule has 0 aromatic heterocycles. The predicted octanol–water partition coefficient (Wildman–Crippen LogP) is 2.40. The number of hydrogen-bond acceptors (Lipinski definition) is 5. The molecular weight excluding hydrogens is 294 g/mol. The summed E-state index contributed by atoms with van der Waals surface area (Å²) in [6.07, 6.45) is 6.79. The van der Waals surface area contributed by atoms with Gasteiger partial charge in [-0.05, 0) is 31.5 Å². The molecule has 0 atom stereocenters. The number of para-hydroxylation sites is 2. The lowest BCUT2D eigenvalue weighted by Crippen LogP contribution is -2.30. The Hall–Kier alpha value is -1.30. The van der Waals surface area contributed by atoms with Crippen LogP contribution in [-0.2, 0) is 0 Å². The molecule has 0 aliphatic rings. The van der Waals surface area contributed by atoms with Gasteiger partial charge in [0.05, 0.1) is 19.8 Å². The van der Waals surface area contributed by atoms with Crippen molar-refractivity contribution in [1.29, 1.82) is 0 Å². The van der Waals surface area contributed by atoms with Crippen LogP contribution < -0.4 is 4.74 Å². The standard InChI is InChI=1S/C18H31NO4/c20-14-12-19(13-15-21)11-7-3-1-2-4-8-16-23-18-10-6-5-9-17(18)22/h5-6,9-10,20-22H,1-4,7-8,11-16H2. The molecule has 1 rings (SSSR count). The molecule has 23 heavy (non-hydrogen) atoms. The topological polar surface area (TPSA) is 73.2 Å². The van der Waals surface area contributed by atoms with Crippen molar-refractivity contribution < 1.29 is 20.1 Å². The van der Waals surface area contributed by atoms with Gasteiger partial charge in [0, 0.05) is 13.1 Å². The number of benzene rings is 1. The lowest BCUT2D eigenvalue weighted by molar-refractivity contribution is 0.159. The van der Waals surface area contributed by atoms with E-state index in [4.69, 9.17) is 14.9 Å². The van der Waals surface area contributed by atoms with Gasteiger partial charge in [-0.3, -0.25) is 4.90 Å². The summed E-state index contributed by atoms with van der Waals surface area (Å²) in [4.78, 5) is 2.10. The molecule has 0 spiro atoms. The van der Waals surface area contributed by atoms with Crippen LogP contribution in [0.5, 0.6) is 11.5 Å². The smallest absolute Gasteiger partial charge is 0.160 e. The van der Waals surface area contributed by atoms with E-state index in [0.29, 0.717) is 25.4 Å². The van der Waals surface area contributed by atoms with Crippen LogP contribution in [0.3, 0.4) is 0 Å². The normalized spacial score (nSPS) is 11.1. The van der Waals surface area contributed by atoms with Crippen LogP contribution in [0.1, 0.15) is 38.5 Å². The van der Waals surface area contributed by atoms with Crippen molar-refractivity contribution >= 4 is 0 Å². The van der Waals surface area contributed by atoms with Crippen LogP contribution in [-0.4, -0.2) is 59.7 Å². The van der Waals surface area contributed by atoms with Gasteiger partial charge in [-0.1, -0.05) is 37.8 Å². The summed E-state index contributed by atoms with van der Waals surface area (Å²) in [5.74, 6) is 0.753. The molecule has 132 valence electrons. The van der Waals surface area contributed by atoms with E-state index in [1.807, 2.05) is 6.07 Å². The second-order valence-electron chi connectivity index (χ2n) is 5.73. The zero-order valence-electron chi connectivity index (χ0n) is 14.0. The number of aromatic hydroxyl groups is 1. The van der Waals surface area contributed by atoms with Crippen LogP contribution in [0.2, 0.25) is 0 Å². The fraction of sp³-hybridized carbons (Fsp3) is 0.667. The summed E-state index contributed by atoms with van der Waals surface area (Å²) in [5.41, 5.74) is 0. The summed E-state index contributed by atoms with van der Waals surface area (Å²) in [6.45, 7) is 3.16. The SMILES string of the molecule is OCCN(CCO)CCCCCCCCOc1ccccc1O. The maximum absolute atomic E-state index is 9.57. The molecule has 3 N–H and O–H groups in total. The maximum Gasteiger partial charge on any atom is 0.160 e. The zero-order valence-corrected chi connectivity index (χ0v) is 14.0. The van der Waals surface area contributed by atoms with Crippen molar-refractivity contribution in [2.24, 2.45) is 0 Å². The number of rotatable bonds is 14. The minimum atomic E-state index is 0.150. The Morgan fingerprint density at radius 2 is 1.39 bits per heavy atom. The molecule has 0 aliphatic carbocycles. The lowest BCUT2D eigenvalue weighted by Gasteiger charge is -2.19. The number of phenols is 1. The molecule has 1 aromatic rings. The van der Waals surface area contributed by atoms with Crippen LogP contribution in [0.15, 0.2) is 24.3 Å². The third kappa shape index (κ3) is 9.43. The highest BCUT2D eigenvalue weighted by molar-refractivity contribution is 5.37. The maximum atomic E-state index is 9.57. The third-order valence-electron chi connectivity index (χ3n) is 3.82. The molecule has 1 aromatic carbocycles. The molecule has 0 unspecified atom stereocenters. The second kappa shape index (κ2) is 13.2. The van der Waals surface area contributed by atoms with Crippen molar-refractivity contribution in [3.63, 3.8) is 0 Å². The lowest BCUT2D eigenvalue weighted by atomic mass is 10.1. The summed E-state index contributed by atoms with van der Waals surface area (Å²) in [6, 6.07) is 7.04. The molecule has 0 amide bonds. The predicted molar refractivity (Wildman–Crippen MR) is 91.9 cm³/mol. The average Bonchev–Trinajstić information content (AvgIpc) is 2.55. The van der Waals surface area contributed by atoms with Gasteiger partial charge in [0.15, 0.2) is 11.5 Å². The number of ether oxygens (including phenoxy) is 1. The molecule has 0 saturated carbocycles. The van der Waals surface area contributed by atoms with Gasteiger partial charge < -0.3 is 20.1 Å². The first-order valence-electron chi connectivity index (χ1n) is 8.62. The Labute approximate surface area is 139 Å². The van der Waals surface area contributed by atoms with E-state index in [9.17, 15) is 5.11 Å². The van der Waals surface area contributed by atoms with Gasteiger partial charge in [-0.25, -0.2) is 0 Å². The van der Waals surface area contributed by atoms with Gasteiger partial charge in [0.25, 0.3) is 0 Å². The van der Waals surface area contributed by atoms with Crippen molar-refractivity contribution in [3.8, 4) is 11.5 Å². The number of unbranched alkanes of at least 4 members (excludes halogenated alkanes) is 5. The van der Waals surface area contributed by atoms with Gasteiger partial charge >= 0.3 is 0 Å². The fourth-order valence-corrected chi connectivity index (χ4v) is 2.52. The second-order valence-corrected chi connectivity index (χ2v) is 5.73. The minimum Gasteiger partial charge on any atom is -0.504 e. The number of aliphatic hydroxyl groups excluding tert-OH is 2. The van der Waals surface area contributed by atoms with Gasteiger partial charge in [-0.2, -0.15) is 0 Å². The number of aliphatic hydroxyl groups is 2. The fourth-order valence-electron chi connectivity index (χ4n) is 2.52. The molecule has 0 saturated heterocycles. The van der Waals surface area contributed by atoms with Crippen LogP contribution >= 0.6 is 0 Å². The Balaban J connectivity index is 1.94. The van der Waals surface area contributed by atoms with E-state index >= 15 is 0 Å².